The van der Waals surface area contributed by atoms with E-state index in [2.05, 4.69) is 46.0 Å². The molecule has 4 rings (SSSR count). The first-order chi connectivity index (χ1) is 12.8. The minimum absolute atomic E-state index is 0.654. The highest BCUT2D eigenvalue weighted by molar-refractivity contribution is 5.76. The van der Waals surface area contributed by atoms with E-state index in [4.69, 9.17) is 0 Å². The second kappa shape index (κ2) is 7.40. The molecule has 5 heteroatoms. The van der Waals surface area contributed by atoms with Gasteiger partial charge in [0, 0.05) is 50.0 Å². The summed E-state index contributed by atoms with van der Waals surface area (Å²) in [5.74, 6) is 0. The van der Waals surface area contributed by atoms with Crippen LogP contribution in [0.3, 0.4) is 0 Å². The third-order valence-electron chi connectivity index (χ3n) is 5.21. The van der Waals surface area contributed by atoms with Crippen LogP contribution in [0.25, 0.3) is 16.9 Å². The van der Waals surface area contributed by atoms with E-state index in [9.17, 15) is 4.79 Å². The lowest BCUT2D eigenvalue weighted by Crippen LogP contribution is -2.45. The van der Waals surface area contributed by atoms with Crippen molar-refractivity contribution in [1.82, 2.24) is 19.2 Å². The van der Waals surface area contributed by atoms with Gasteiger partial charge in [-0.1, -0.05) is 25.1 Å². The van der Waals surface area contributed by atoms with Crippen molar-refractivity contribution < 1.29 is 4.79 Å². The Bertz CT molecular complexity index is 909. The smallest absolute Gasteiger partial charge is 0.151 e. The minimum Gasteiger partial charge on any atom is -0.301 e. The van der Waals surface area contributed by atoms with Crippen LogP contribution in [-0.4, -0.2) is 58.2 Å². The lowest BCUT2D eigenvalue weighted by Gasteiger charge is -2.34. The zero-order valence-electron chi connectivity index (χ0n) is 15.1. The maximum atomic E-state index is 11.1. The molecule has 1 fully saturated rings. The predicted octanol–water partition coefficient (Wildman–Crippen LogP) is 2.95. The molecule has 0 aliphatic carbocycles. The van der Waals surface area contributed by atoms with Gasteiger partial charge >= 0.3 is 0 Å². The third kappa shape index (κ3) is 3.41. The summed E-state index contributed by atoms with van der Waals surface area (Å²) in [5.41, 5.74) is 4.97. The van der Waals surface area contributed by atoms with E-state index in [1.165, 1.54) is 5.56 Å². The minimum atomic E-state index is 0.654. The first-order valence-corrected chi connectivity index (χ1v) is 9.23. The SMILES string of the molecule is CCN1CCN(Cc2cccc(-c3cnc4ccc(C=O)cn34)c2)CC1. The van der Waals surface area contributed by atoms with Gasteiger partial charge in [0.15, 0.2) is 6.29 Å². The molecule has 2 aromatic heterocycles. The zero-order chi connectivity index (χ0) is 17.9. The number of hydrogen-bond acceptors (Lipinski definition) is 4. The molecule has 3 aromatic rings. The average molecular weight is 348 g/mol. The van der Waals surface area contributed by atoms with Gasteiger partial charge in [0.1, 0.15) is 5.65 Å². The molecule has 1 aliphatic rings. The maximum absolute atomic E-state index is 11.1. The van der Waals surface area contributed by atoms with Gasteiger partial charge in [-0.05, 0) is 30.3 Å². The third-order valence-corrected chi connectivity index (χ3v) is 5.21. The average Bonchev–Trinajstić information content (AvgIpc) is 3.12. The fraction of sp³-hybridized carbons (Fsp3) is 0.333. The summed E-state index contributed by atoms with van der Waals surface area (Å²) in [6, 6.07) is 12.3. The van der Waals surface area contributed by atoms with Crippen molar-refractivity contribution >= 4 is 11.9 Å². The van der Waals surface area contributed by atoms with Crippen LogP contribution >= 0.6 is 0 Å². The van der Waals surface area contributed by atoms with Gasteiger partial charge in [-0.2, -0.15) is 0 Å². The van der Waals surface area contributed by atoms with Crippen molar-refractivity contribution in [3.63, 3.8) is 0 Å². The molecule has 134 valence electrons. The second-order valence-corrected chi connectivity index (χ2v) is 6.86. The molecule has 1 saturated heterocycles. The van der Waals surface area contributed by atoms with E-state index in [1.54, 1.807) is 6.07 Å². The molecule has 0 amide bonds. The van der Waals surface area contributed by atoms with E-state index in [1.807, 2.05) is 22.9 Å². The maximum Gasteiger partial charge on any atom is 0.151 e. The summed E-state index contributed by atoms with van der Waals surface area (Å²) in [7, 11) is 0. The van der Waals surface area contributed by atoms with Crippen molar-refractivity contribution in [2.24, 2.45) is 0 Å². The lowest BCUT2D eigenvalue weighted by molar-refractivity contribution is 0.112. The summed E-state index contributed by atoms with van der Waals surface area (Å²) < 4.78 is 1.99. The molecule has 26 heavy (non-hydrogen) atoms. The summed E-state index contributed by atoms with van der Waals surface area (Å²) in [6.07, 6.45) is 4.60. The Morgan fingerprint density at radius 2 is 1.88 bits per heavy atom. The molecular formula is C21H24N4O. The normalized spacial score (nSPS) is 16.2. The van der Waals surface area contributed by atoms with Crippen LogP contribution in [0.4, 0.5) is 0 Å². The van der Waals surface area contributed by atoms with Crippen molar-refractivity contribution in [3.8, 4) is 11.3 Å². The Balaban J connectivity index is 1.57. The topological polar surface area (TPSA) is 40.8 Å². The van der Waals surface area contributed by atoms with Crippen molar-refractivity contribution in [2.45, 2.75) is 13.5 Å². The van der Waals surface area contributed by atoms with E-state index in [-0.39, 0.29) is 0 Å². The van der Waals surface area contributed by atoms with E-state index < -0.39 is 0 Å². The number of aromatic nitrogens is 2. The van der Waals surface area contributed by atoms with Gasteiger partial charge in [-0.25, -0.2) is 4.98 Å². The molecule has 0 bridgehead atoms. The number of nitrogens with zero attached hydrogens (tertiary/aromatic N) is 4. The van der Waals surface area contributed by atoms with Crippen LogP contribution in [0.2, 0.25) is 0 Å². The molecule has 0 saturated carbocycles. The molecule has 1 aliphatic heterocycles. The van der Waals surface area contributed by atoms with Gasteiger partial charge < -0.3 is 4.90 Å². The van der Waals surface area contributed by atoms with Crippen molar-refractivity contribution in [3.05, 3.63) is 59.9 Å². The first-order valence-electron chi connectivity index (χ1n) is 9.23. The molecule has 0 spiro atoms. The summed E-state index contributed by atoms with van der Waals surface area (Å²) in [5, 5.41) is 0. The van der Waals surface area contributed by atoms with Crippen LogP contribution in [0.15, 0.2) is 48.8 Å². The Morgan fingerprint density at radius 1 is 1.08 bits per heavy atom. The highest BCUT2D eigenvalue weighted by Gasteiger charge is 2.16. The Hall–Kier alpha value is -2.50. The Labute approximate surface area is 153 Å². The first kappa shape index (κ1) is 16.9. The quantitative estimate of drug-likeness (QED) is 0.665. The molecular weight excluding hydrogens is 324 g/mol. The number of piperazine rings is 1. The van der Waals surface area contributed by atoms with Crippen LogP contribution < -0.4 is 0 Å². The Kier molecular flexibility index (Phi) is 4.82. The number of carbonyl (C=O) groups is 1. The largest absolute Gasteiger partial charge is 0.301 e. The second-order valence-electron chi connectivity index (χ2n) is 6.86. The van der Waals surface area contributed by atoms with E-state index in [0.29, 0.717) is 5.56 Å². The van der Waals surface area contributed by atoms with Gasteiger partial charge in [-0.15, -0.1) is 0 Å². The van der Waals surface area contributed by atoms with Gasteiger partial charge in [0.05, 0.1) is 11.9 Å². The standard InChI is InChI=1S/C21H24N4O/c1-2-23-8-10-24(11-9-23)14-17-4-3-5-19(12-17)20-13-22-21-7-6-18(16-26)15-25(20)21/h3-7,12-13,15-16H,2,8-11,14H2,1H3. The number of benzene rings is 1. The van der Waals surface area contributed by atoms with Crippen LogP contribution in [0.5, 0.6) is 0 Å². The summed E-state index contributed by atoms with van der Waals surface area (Å²) in [4.78, 5) is 20.6. The van der Waals surface area contributed by atoms with Crippen LogP contribution in [0.1, 0.15) is 22.8 Å². The molecule has 5 nitrogen and oxygen atoms in total. The zero-order valence-corrected chi connectivity index (χ0v) is 15.1. The number of carbonyl (C=O) groups excluding carboxylic acids is 1. The lowest BCUT2D eigenvalue weighted by atomic mass is 10.1. The predicted molar refractivity (Wildman–Crippen MR) is 103 cm³/mol. The van der Waals surface area contributed by atoms with Gasteiger partial charge in [-0.3, -0.25) is 14.1 Å². The number of imidazole rings is 1. The van der Waals surface area contributed by atoms with Crippen molar-refractivity contribution in [1.29, 1.82) is 0 Å². The Morgan fingerprint density at radius 3 is 2.65 bits per heavy atom. The molecule has 3 heterocycles. The number of fused-ring (bicyclic) bond motifs is 1. The van der Waals surface area contributed by atoms with Gasteiger partial charge in [0.2, 0.25) is 0 Å². The van der Waals surface area contributed by atoms with E-state index >= 15 is 0 Å². The number of aldehydes is 1. The highest BCUT2D eigenvalue weighted by Crippen LogP contribution is 2.23. The molecule has 1 aromatic carbocycles. The van der Waals surface area contributed by atoms with E-state index in [0.717, 1.165) is 62.5 Å². The van der Waals surface area contributed by atoms with Crippen LogP contribution in [-0.2, 0) is 6.54 Å². The molecule has 0 radical (unpaired) electrons. The molecule has 0 atom stereocenters. The fourth-order valence-corrected chi connectivity index (χ4v) is 3.63. The number of rotatable bonds is 5. The number of pyridine rings is 1. The molecule has 0 unspecified atom stereocenters. The summed E-state index contributed by atoms with van der Waals surface area (Å²) in [6.45, 7) is 8.88. The number of hydrogen-bond donors (Lipinski definition) is 0. The fourth-order valence-electron chi connectivity index (χ4n) is 3.63. The monoisotopic (exact) mass is 348 g/mol. The molecule has 0 N–H and O–H groups in total. The number of likely N-dealkylation sites (N-methyl/N-ethyl adjacent to an activating group) is 1. The highest BCUT2D eigenvalue weighted by atomic mass is 16.1. The van der Waals surface area contributed by atoms with Crippen LogP contribution in [0, 0.1) is 0 Å². The van der Waals surface area contributed by atoms with Crippen molar-refractivity contribution in [2.75, 3.05) is 32.7 Å². The van der Waals surface area contributed by atoms with Gasteiger partial charge in [0.25, 0.3) is 0 Å². The summed E-state index contributed by atoms with van der Waals surface area (Å²) >= 11 is 0.